The zero-order valence-electron chi connectivity index (χ0n) is 11.0. The molecule has 3 aromatic carbocycles. The largest absolute Gasteiger partial charge is 0.332 e. The molecule has 0 saturated heterocycles. The monoisotopic (exact) mass is 300 g/mol. The van der Waals surface area contributed by atoms with Crippen LogP contribution in [-0.4, -0.2) is 8.42 Å². The second kappa shape index (κ2) is 5.55. The zero-order chi connectivity index (χ0) is 14.7. The summed E-state index contributed by atoms with van der Waals surface area (Å²) in [6, 6.07) is 20.7. The molecule has 0 aliphatic carbocycles. The molecule has 0 saturated carbocycles. The molecule has 5 heteroatoms. The molecule has 0 amide bonds. The molecule has 0 heterocycles. The normalized spacial score (nSPS) is 11.4. The van der Waals surface area contributed by atoms with E-state index < -0.39 is 10.1 Å². The molecule has 0 N–H and O–H groups in total. The first-order valence-corrected chi connectivity index (χ1v) is 7.72. The lowest BCUT2D eigenvalue weighted by Crippen LogP contribution is -2.10. The lowest BCUT2D eigenvalue weighted by Gasteiger charge is -2.08. The SMILES string of the molecule is O=S(=O)(OOc1ccccc1)c1cccc2ccccc12. The van der Waals surface area contributed by atoms with Crippen molar-refractivity contribution in [2.75, 3.05) is 0 Å². The minimum Gasteiger partial charge on any atom is -0.321 e. The number of hydrogen-bond donors (Lipinski definition) is 0. The van der Waals surface area contributed by atoms with Crippen LogP contribution in [0.5, 0.6) is 5.75 Å². The van der Waals surface area contributed by atoms with Crippen molar-refractivity contribution in [3.05, 3.63) is 72.8 Å². The van der Waals surface area contributed by atoms with Gasteiger partial charge in [0.1, 0.15) is 4.90 Å². The Morgan fingerprint density at radius 1 is 0.714 bits per heavy atom. The number of para-hydroxylation sites is 1. The molecule has 0 radical (unpaired) electrons. The van der Waals surface area contributed by atoms with Crippen LogP contribution in [0.4, 0.5) is 0 Å². The average molecular weight is 300 g/mol. The Morgan fingerprint density at radius 2 is 1.38 bits per heavy atom. The minimum atomic E-state index is -4.01. The molecule has 106 valence electrons. The molecule has 4 nitrogen and oxygen atoms in total. The van der Waals surface area contributed by atoms with Gasteiger partial charge in [-0.15, -0.1) is 0 Å². The van der Waals surface area contributed by atoms with E-state index in [9.17, 15) is 8.42 Å². The van der Waals surface area contributed by atoms with Crippen molar-refractivity contribution in [3.63, 3.8) is 0 Å². The predicted molar refractivity (Wildman–Crippen MR) is 79.3 cm³/mol. The Labute approximate surface area is 122 Å². The molecule has 0 fully saturated rings. The Balaban J connectivity index is 1.94. The molecule has 21 heavy (non-hydrogen) atoms. The summed E-state index contributed by atoms with van der Waals surface area (Å²) in [5, 5.41) is 1.42. The lowest BCUT2D eigenvalue weighted by molar-refractivity contribution is -0.0925. The van der Waals surface area contributed by atoms with Gasteiger partial charge in [-0.3, -0.25) is 0 Å². The van der Waals surface area contributed by atoms with Gasteiger partial charge in [-0.2, -0.15) is 8.42 Å². The van der Waals surface area contributed by atoms with Gasteiger partial charge >= 0.3 is 10.1 Å². The van der Waals surface area contributed by atoms with Crippen LogP contribution in [0.15, 0.2) is 77.7 Å². The Morgan fingerprint density at radius 3 is 2.19 bits per heavy atom. The van der Waals surface area contributed by atoms with Gasteiger partial charge in [-0.05, 0) is 23.6 Å². The van der Waals surface area contributed by atoms with E-state index in [0.717, 1.165) is 5.39 Å². The third-order valence-corrected chi connectivity index (χ3v) is 4.12. The fraction of sp³-hybridized carbons (Fsp3) is 0. The Kier molecular flexibility index (Phi) is 3.60. The van der Waals surface area contributed by atoms with Gasteiger partial charge < -0.3 is 4.89 Å². The highest BCUT2D eigenvalue weighted by Gasteiger charge is 2.20. The topological polar surface area (TPSA) is 52.6 Å². The molecular formula is C16H12O4S. The van der Waals surface area contributed by atoms with Crippen molar-refractivity contribution < 1.29 is 17.6 Å². The summed E-state index contributed by atoms with van der Waals surface area (Å²) in [6.07, 6.45) is 0. The van der Waals surface area contributed by atoms with Crippen LogP contribution in [0.2, 0.25) is 0 Å². The van der Waals surface area contributed by atoms with E-state index in [1.807, 2.05) is 18.2 Å². The smallest absolute Gasteiger partial charge is 0.321 e. The summed E-state index contributed by atoms with van der Waals surface area (Å²) in [7, 11) is -4.01. The van der Waals surface area contributed by atoms with Crippen LogP contribution >= 0.6 is 0 Å². The number of hydrogen-bond acceptors (Lipinski definition) is 4. The molecule has 0 atom stereocenters. The van der Waals surface area contributed by atoms with Gasteiger partial charge in [-0.1, -0.05) is 58.9 Å². The first kappa shape index (κ1) is 13.6. The highest BCUT2D eigenvalue weighted by molar-refractivity contribution is 7.86. The van der Waals surface area contributed by atoms with Crippen molar-refractivity contribution in [1.82, 2.24) is 0 Å². The molecule has 0 bridgehead atoms. The molecule has 0 aliphatic rings. The van der Waals surface area contributed by atoms with Gasteiger partial charge in [-0.25, -0.2) is 0 Å². The third-order valence-electron chi connectivity index (χ3n) is 2.98. The number of fused-ring (bicyclic) bond motifs is 1. The summed E-state index contributed by atoms with van der Waals surface area (Å²) in [4.78, 5) is 4.97. The van der Waals surface area contributed by atoms with Gasteiger partial charge in [0.15, 0.2) is 5.75 Å². The molecule has 0 aliphatic heterocycles. The van der Waals surface area contributed by atoms with Crippen molar-refractivity contribution in [1.29, 1.82) is 0 Å². The minimum absolute atomic E-state index is 0.0801. The maximum atomic E-state index is 12.3. The van der Waals surface area contributed by atoms with E-state index in [-0.39, 0.29) is 4.90 Å². The van der Waals surface area contributed by atoms with Gasteiger partial charge in [0.25, 0.3) is 0 Å². The Hall–Kier alpha value is -2.37. The molecule has 3 aromatic rings. The first-order chi connectivity index (χ1) is 10.2. The van der Waals surface area contributed by atoms with E-state index in [2.05, 4.69) is 4.33 Å². The van der Waals surface area contributed by atoms with Crippen LogP contribution in [0, 0.1) is 0 Å². The molecular weight excluding hydrogens is 288 g/mol. The maximum absolute atomic E-state index is 12.3. The maximum Gasteiger partial charge on any atom is 0.332 e. The lowest BCUT2D eigenvalue weighted by atomic mass is 10.1. The summed E-state index contributed by atoms with van der Waals surface area (Å²) < 4.78 is 29.2. The Bertz CT molecular complexity index is 852. The molecule has 0 spiro atoms. The van der Waals surface area contributed by atoms with Crippen LogP contribution in [0.1, 0.15) is 0 Å². The zero-order valence-corrected chi connectivity index (χ0v) is 11.8. The number of rotatable bonds is 4. The third kappa shape index (κ3) is 2.89. The number of benzene rings is 3. The van der Waals surface area contributed by atoms with Crippen LogP contribution in [0.3, 0.4) is 0 Å². The van der Waals surface area contributed by atoms with Crippen molar-refractivity contribution >= 4 is 20.9 Å². The van der Waals surface area contributed by atoms with E-state index in [0.29, 0.717) is 11.1 Å². The van der Waals surface area contributed by atoms with E-state index in [1.165, 1.54) is 6.07 Å². The van der Waals surface area contributed by atoms with E-state index >= 15 is 0 Å². The van der Waals surface area contributed by atoms with Gasteiger partial charge in [0, 0.05) is 5.39 Å². The predicted octanol–water partition coefficient (Wildman–Crippen LogP) is 3.54. The van der Waals surface area contributed by atoms with E-state index in [1.54, 1.807) is 48.5 Å². The quantitative estimate of drug-likeness (QED) is 0.546. The highest BCUT2D eigenvalue weighted by Crippen LogP contribution is 2.24. The summed E-state index contributed by atoms with van der Waals surface area (Å²) in [5.41, 5.74) is 0. The summed E-state index contributed by atoms with van der Waals surface area (Å²) >= 11 is 0. The summed E-state index contributed by atoms with van der Waals surface area (Å²) in [6.45, 7) is 0. The fourth-order valence-corrected chi connectivity index (χ4v) is 2.95. The first-order valence-electron chi connectivity index (χ1n) is 6.31. The second-order valence-corrected chi connectivity index (χ2v) is 5.88. The molecule has 0 unspecified atom stereocenters. The second-order valence-electron chi connectivity index (χ2n) is 4.40. The molecule has 0 aromatic heterocycles. The van der Waals surface area contributed by atoms with Crippen molar-refractivity contribution in [2.24, 2.45) is 0 Å². The highest BCUT2D eigenvalue weighted by atomic mass is 32.2. The van der Waals surface area contributed by atoms with E-state index in [4.69, 9.17) is 4.89 Å². The van der Waals surface area contributed by atoms with Crippen LogP contribution < -0.4 is 4.89 Å². The van der Waals surface area contributed by atoms with Crippen LogP contribution in [-0.2, 0) is 14.5 Å². The van der Waals surface area contributed by atoms with Gasteiger partial charge in [0.05, 0.1) is 0 Å². The van der Waals surface area contributed by atoms with Gasteiger partial charge in [0.2, 0.25) is 0 Å². The van der Waals surface area contributed by atoms with Crippen molar-refractivity contribution in [2.45, 2.75) is 4.90 Å². The van der Waals surface area contributed by atoms with Crippen molar-refractivity contribution in [3.8, 4) is 5.75 Å². The summed E-state index contributed by atoms with van der Waals surface area (Å²) in [5.74, 6) is 0.321. The van der Waals surface area contributed by atoms with Crippen LogP contribution in [0.25, 0.3) is 10.8 Å². The average Bonchev–Trinajstić information content (AvgIpc) is 2.53. The molecule has 3 rings (SSSR count). The standard InChI is InChI=1S/C16H12O4S/c17-21(18,20-19-14-9-2-1-3-10-14)16-12-6-8-13-7-4-5-11-15(13)16/h1-12H. The fourth-order valence-electron chi connectivity index (χ4n) is 2.01.